The number of hydrogen-bond acceptors (Lipinski definition) is 3. The van der Waals surface area contributed by atoms with Crippen LogP contribution < -0.4 is 10.7 Å². The van der Waals surface area contributed by atoms with Crippen molar-refractivity contribution < 1.29 is 5.11 Å². The fourth-order valence-electron chi connectivity index (χ4n) is 1.45. The second-order valence-corrected chi connectivity index (χ2v) is 4.77. The molecule has 0 atom stereocenters. The topological polar surface area (TPSA) is 56.7 Å². The van der Waals surface area contributed by atoms with E-state index in [9.17, 15) is 0 Å². The molecular formula is C14H12ClN3OS. The molecule has 0 aliphatic rings. The Kier molecular flexibility index (Phi) is 4.92. The van der Waals surface area contributed by atoms with Gasteiger partial charge in [-0.3, -0.25) is 5.43 Å². The van der Waals surface area contributed by atoms with Gasteiger partial charge in [0.1, 0.15) is 5.75 Å². The van der Waals surface area contributed by atoms with Crippen LogP contribution >= 0.6 is 23.8 Å². The Labute approximate surface area is 127 Å². The first-order valence-electron chi connectivity index (χ1n) is 5.78. The smallest absolute Gasteiger partial charge is 0.191 e. The van der Waals surface area contributed by atoms with Crippen molar-refractivity contribution in [3.8, 4) is 5.75 Å². The van der Waals surface area contributed by atoms with Crippen molar-refractivity contribution >= 4 is 40.8 Å². The van der Waals surface area contributed by atoms with E-state index in [2.05, 4.69) is 15.8 Å². The fourth-order valence-corrected chi connectivity index (χ4v) is 1.81. The van der Waals surface area contributed by atoms with Crippen LogP contribution in [0, 0.1) is 0 Å². The summed E-state index contributed by atoms with van der Waals surface area (Å²) in [5.41, 5.74) is 4.33. The maximum Gasteiger partial charge on any atom is 0.191 e. The molecule has 20 heavy (non-hydrogen) atoms. The number of hydrogen-bond donors (Lipinski definition) is 3. The molecule has 0 saturated carbocycles. The molecule has 0 aliphatic heterocycles. The molecule has 0 unspecified atom stereocenters. The molecule has 2 aromatic carbocycles. The quantitative estimate of drug-likeness (QED) is 0.462. The fraction of sp³-hybridized carbons (Fsp3) is 0. The lowest BCUT2D eigenvalue weighted by Crippen LogP contribution is -2.23. The highest BCUT2D eigenvalue weighted by Gasteiger charge is 1.96. The van der Waals surface area contributed by atoms with Crippen LogP contribution in [-0.2, 0) is 0 Å². The molecule has 2 rings (SSSR count). The van der Waals surface area contributed by atoms with Gasteiger partial charge in [0, 0.05) is 10.7 Å². The van der Waals surface area contributed by atoms with Gasteiger partial charge in [-0.15, -0.1) is 0 Å². The predicted molar refractivity (Wildman–Crippen MR) is 86.5 cm³/mol. The zero-order chi connectivity index (χ0) is 14.4. The van der Waals surface area contributed by atoms with Gasteiger partial charge in [0.2, 0.25) is 0 Å². The summed E-state index contributed by atoms with van der Waals surface area (Å²) in [7, 11) is 0. The average molecular weight is 306 g/mol. The first kappa shape index (κ1) is 14.3. The zero-order valence-corrected chi connectivity index (χ0v) is 11.9. The third-order valence-electron chi connectivity index (χ3n) is 2.36. The maximum absolute atomic E-state index is 9.16. The summed E-state index contributed by atoms with van der Waals surface area (Å²) in [4.78, 5) is 0. The van der Waals surface area contributed by atoms with Gasteiger partial charge < -0.3 is 10.4 Å². The Hall–Kier alpha value is -2.11. The summed E-state index contributed by atoms with van der Waals surface area (Å²) in [6, 6.07) is 13.9. The number of thiocarbonyl (C=S) groups is 1. The van der Waals surface area contributed by atoms with Crippen LogP contribution in [0.2, 0.25) is 5.02 Å². The number of rotatable bonds is 3. The van der Waals surface area contributed by atoms with Crippen LogP contribution in [0.3, 0.4) is 0 Å². The second-order valence-electron chi connectivity index (χ2n) is 3.93. The third-order valence-corrected chi connectivity index (χ3v) is 2.78. The van der Waals surface area contributed by atoms with E-state index in [1.54, 1.807) is 42.6 Å². The van der Waals surface area contributed by atoms with Crippen LogP contribution in [0.5, 0.6) is 5.75 Å². The Morgan fingerprint density at radius 1 is 1.20 bits per heavy atom. The minimum Gasteiger partial charge on any atom is -0.508 e. The highest BCUT2D eigenvalue weighted by atomic mass is 35.5. The normalized spacial score (nSPS) is 10.4. The summed E-state index contributed by atoms with van der Waals surface area (Å²) < 4.78 is 0. The standard InChI is InChI=1S/C14H12ClN3OS/c15-11-2-1-3-12(8-11)17-14(20)18-16-9-10-4-6-13(19)7-5-10/h1-9,19H,(H2,17,18,20)/b16-9+. The van der Waals surface area contributed by atoms with Crippen molar-refractivity contribution in [2.75, 3.05) is 5.32 Å². The lowest BCUT2D eigenvalue weighted by atomic mass is 10.2. The average Bonchev–Trinajstić information content (AvgIpc) is 2.41. The van der Waals surface area contributed by atoms with Crippen molar-refractivity contribution in [2.24, 2.45) is 5.10 Å². The van der Waals surface area contributed by atoms with E-state index in [0.29, 0.717) is 10.1 Å². The van der Waals surface area contributed by atoms with Crippen molar-refractivity contribution in [3.63, 3.8) is 0 Å². The van der Waals surface area contributed by atoms with E-state index in [1.165, 1.54) is 0 Å². The first-order chi connectivity index (χ1) is 9.63. The number of nitrogens with zero attached hydrogens (tertiary/aromatic N) is 1. The summed E-state index contributed by atoms with van der Waals surface area (Å²) >= 11 is 11.0. The highest BCUT2D eigenvalue weighted by molar-refractivity contribution is 7.80. The van der Waals surface area contributed by atoms with E-state index in [1.807, 2.05) is 12.1 Å². The maximum atomic E-state index is 9.16. The Morgan fingerprint density at radius 2 is 1.95 bits per heavy atom. The molecule has 2 aromatic rings. The summed E-state index contributed by atoms with van der Waals surface area (Å²) in [5, 5.41) is 17.1. The zero-order valence-electron chi connectivity index (χ0n) is 10.4. The van der Waals surface area contributed by atoms with Gasteiger partial charge in [0.15, 0.2) is 5.11 Å². The van der Waals surface area contributed by atoms with E-state index in [4.69, 9.17) is 28.9 Å². The Bertz CT molecular complexity index is 629. The van der Waals surface area contributed by atoms with Crippen molar-refractivity contribution in [3.05, 3.63) is 59.1 Å². The number of aromatic hydroxyl groups is 1. The van der Waals surface area contributed by atoms with Crippen LogP contribution in [-0.4, -0.2) is 16.4 Å². The van der Waals surface area contributed by atoms with E-state index >= 15 is 0 Å². The van der Waals surface area contributed by atoms with Crippen molar-refractivity contribution in [1.82, 2.24) is 5.43 Å². The Morgan fingerprint density at radius 3 is 2.65 bits per heavy atom. The van der Waals surface area contributed by atoms with Gasteiger partial charge in [-0.05, 0) is 60.2 Å². The number of hydrazone groups is 1. The predicted octanol–water partition coefficient (Wildman–Crippen LogP) is 3.37. The number of benzene rings is 2. The molecule has 0 amide bonds. The lowest BCUT2D eigenvalue weighted by Gasteiger charge is -2.06. The van der Waals surface area contributed by atoms with Gasteiger partial charge >= 0.3 is 0 Å². The van der Waals surface area contributed by atoms with Crippen LogP contribution in [0.15, 0.2) is 53.6 Å². The summed E-state index contributed by atoms with van der Waals surface area (Å²) in [5.74, 6) is 0.216. The minimum absolute atomic E-state index is 0.216. The molecule has 0 radical (unpaired) electrons. The molecule has 3 N–H and O–H groups in total. The summed E-state index contributed by atoms with van der Waals surface area (Å²) in [6.45, 7) is 0. The molecule has 6 heteroatoms. The van der Waals surface area contributed by atoms with E-state index in [-0.39, 0.29) is 5.75 Å². The molecule has 0 aliphatic carbocycles. The van der Waals surface area contributed by atoms with Gasteiger partial charge in [-0.2, -0.15) is 5.10 Å². The molecule has 0 saturated heterocycles. The number of nitrogens with one attached hydrogen (secondary N) is 2. The van der Waals surface area contributed by atoms with Crippen molar-refractivity contribution in [1.29, 1.82) is 0 Å². The van der Waals surface area contributed by atoms with Gasteiger partial charge in [0.05, 0.1) is 6.21 Å². The number of anilines is 1. The molecule has 102 valence electrons. The minimum atomic E-state index is 0.216. The number of phenols is 1. The molecular weight excluding hydrogens is 294 g/mol. The molecule has 0 aromatic heterocycles. The lowest BCUT2D eigenvalue weighted by molar-refractivity contribution is 0.475. The number of phenolic OH excluding ortho intramolecular Hbond substituents is 1. The number of halogens is 1. The molecule has 0 fully saturated rings. The molecule has 4 nitrogen and oxygen atoms in total. The van der Waals surface area contributed by atoms with Crippen LogP contribution in [0.1, 0.15) is 5.56 Å². The van der Waals surface area contributed by atoms with Gasteiger partial charge in [0.25, 0.3) is 0 Å². The highest BCUT2D eigenvalue weighted by Crippen LogP contribution is 2.14. The van der Waals surface area contributed by atoms with Crippen LogP contribution in [0.4, 0.5) is 5.69 Å². The first-order valence-corrected chi connectivity index (χ1v) is 6.57. The van der Waals surface area contributed by atoms with Gasteiger partial charge in [-0.1, -0.05) is 17.7 Å². The molecule has 0 spiro atoms. The van der Waals surface area contributed by atoms with Gasteiger partial charge in [-0.25, -0.2) is 0 Å². The Balaban J connectivity index is 1.87. The SMILES string of the molecule is Oc1ccc(/C=N/NC(=S)Nc2cccc(Cl)c2)cc1. The van der Waals surface area contributed by atoms with Crippen LogP contribution in [0.25, 0.3) is 0 Å². The van der Waals surface area contributed by atoms with E-state index < -0.39 is 0 Å². The van der Waals surface area contributed by atoms with E-state index in [0.717, 1.165) is 11.3 Å². The molecule has 0 heterocycles. The van der Waals surface area contributed by atoms with Crippen molar-refractivity contribution in [2.45, 2.75) is 0 Å². The third kappa shape index (κ3) is 4.53. The second kappa shape index (κ2) is 6.88. The monoisotopic (exact) mass is 305 g/mol. The molecule has 0 bridgehead atoms. The largest absolute Gasteiger partial charge is 0.508 e. The summed E-state index contributed by atoms with van der Waals surface area (Å²) in [6.07, 6.45) is 1.60.